The summed E-state index contributed by atoms with van der Waals surface area (Å²) in [5, 5.41) is 3.35. The molecule has 2 heteroatoms. The minimum absolute atomic E-state index is 0.0574. The van der Waals surface area contributed by atoms with Gasteiger partial charge in [-0.15, -0.1) is 0 Å². The fourth-order valence-electron chi connectivity index (χ4n) is 3.54. The Hall–Kier alpha value is -0.890. The first-order valence-corrected chi connectivity index (χ1v) is 7.59. The van der Waals surface area contributed by atoms with Gasteiger partial charge in [0.1, 0.15) is 5.82 Å². The normalized spacial score (nSPS) is 25.3. The number of aryl methyl sites for hydroxylation is 1. The van der Waals surface area contributed by atoms with E-state index in [0.717, 1.165) is 17.0 Å². The van der Waals surface area contributed by atoms with Crippen molar-refractivity contribution in [2.45, 2.75) is 52.0 Å². The van der Waals surface area contributed by atoms with Crippen LogP contribution in [-0.2, 0) is 0 Å². The van der Waals surface area contributed by atoms with Crippen LogP contribution in [0.25, 0.3) is 0 Å². The van der Waals surface area contributed by atoms with Gasteiger partial charge in [-0.05, 0) is 50.3 Å². The summed E-state index contributed by atoms with van der Waals surface area (Å²) in [7, 11) is 1.96. The predicted molar refractivity (Wildman–Crippen MR) is 78.7 cm³/mol. The standard InChI is InChI=1S/C17H26FN/c1-4-13-6-5-7-14(11-13)17(19-3)15-9-8-12(2)10-16(15)18/h8-10,13-14,17,19H,4-7,11H2,1-3H3. The summed E-state index contributed by atoms with van der Waals surface area (Å²) < 4.78 is 14.2. The lowest BCUT2D eigenvalue weighted by Gasteiger charge is -2.34. The first-order chi connectivity index (χ1) is 9.15. The maximum absolute atomic E-state index is 14.2. The van der Waals surface area contributed by atoms with Crippen LogP contribution in [0.1, 0.15) is 56.2 Å². The van der Waals surface area contributed by atoms with Crippen molar-refractivity contribution in [2.24, 2.45) is 11.8 Å². The number of nitrogens with one attached hydrogen (secondary N) is 1. The smallest absolute Gasteiger partial charge is 0.128 e. The van der Waals surface area contributed by atoms with Crippen molar-refractivity contribution in [1.82, 2.24) is 5.32 Å². The SMILES string of the molecule is CCC1CCCC(C(NC)c2ccc(C)cc2F)C1. The molecule has 0 spiro atoms. The summed E-state index contributed by atoms with van der Waals surface area (Å²) in [6, 6.07) is 5.79. The average Bonchev–Trinajstić information content (AvgIpc) is 2.42. The van der Waals surface area contributed by atoms with Gasteiger partial charge in [-0.2, -0.15) is 0 Å². The highest BCUT2D eigenvalue weighted by molar-refractivity contribution is 5.26. The maximum atomic E-state index is 14.2. The summed E-state index contributed by atoms with van der Waals surface area (Å²) in [6.45, 7) is 4.21. The van der Waals surface area contributed by atoms with Crippen molar-refractivity contribution in [2.75, 3.05) is 7.05 Å². The van der Waals surface area contributed by atoms with Gasteiger partial charge in [0.15, 0.2) is 0 Å². The van der Waals surface area contributed by atoms with E-state index in [1.165, 1.54) is 32.1 Å². The van der Waals surface area contributed by atoms with Gasteiger partial charge in [-0.1, -0.05) is 38.3 Å². The molecule has 0 radical (unpaired) electrons. The summed E-state index contributed by atoms with van der Waals surface area (Å²) in [5.74, 6) is 1.34. The molecule has 2 rings (SSSR count). The van der Waals surface area contributed by atoms with Crippen molar-refractivity contribution in [3.05, 3.63) is 35.1 Å². The van der Waals surface area contributed by atoms with Crippen molar-refractivity contribution >= 4 is 0 Å². The Balaban J connectivity index is 2.19. The Kier molecular flexibility index (Phi) is 4.98. The molecule has 3 unspecified atom stereocenters. The third-order valence-corrected chi connectivity index (χ3v) is 4.67. The summed E-state index contributed by atoms with van der Waals surface area (Å²) >= 11 is 0. The molecule has 1 aliphatic rings. The number of benzene rings is 1. The van der Waals surface area contributed by atoms with E-state index >= 15 is 0 Å². The molecule has 0 aromatic heterocycles. The predicted octanol–water partition coefficient (Wildman–Crippen LogP) is 4.61. The minimum Gasteiger partial charge on any atom is -0.313 e. The molecule has 1 N–H and O–H groups in total. The summed E-state index contributed by atoms with van der Waals surface area (Å²) in [4.78, 5) is 0. The minimum atomic E-state index is -0.0574. The largest absolute Gasteiger partial charge is 0.313 e. The monoisotopic (exact) mass is 263 g/mol. The topological polar surface area (TPSA) is 12.0 Å². The van der Waals surface area contributed by atoms with E-state index in [4.69, 9.17) is 0 Å². The highest BCUT2D eigenvalue weighted by Crippen LogP contribution is 2.38. The Labute approximate surface area is 116 Å². The van der Waals surface area contributed by atoms with E-state index in [-0.39, 0.29) is 11.9 Å². The van der Waals surface area contributed by atoms with Crippen LogP contribution in [-0.4, -0.2) is 7.05 Å². The van der Waals surface area contributed by atoms with E-state index in [1.807, 2.05) is 26.1 Å². The Morgan fingerprint density at radius 3 is 2.79 bits per heavy atom. The zero-order valence-corrected chi connectivity index (χ0v) is 12.4. The molecule has 1 aromatic carbocycles. The fourth-order valence-corrected chi connectivity index (χ4v) is 3.54. The van der Waals surface area contributed by atoms with Crippen molar-refractivity contribution in [3.8, 4) is 0 Å². The van der Waals surface area contributed by atoms with Crippen LogP contribution in [0.2, 0.25) is 0 Å². The Morgan fingerprint density at radius 1 is 1.37 bits per heavy atom. The first-order valence-electron chi connectivity index (χ1n) is 7.59. The van der Waals surface area contributed by atoms with Crippen LogP contribution in [0.4, 0.5) is 4.39 Å². The number of rotatable bonds is 4. The third-order valence-electron chi connectivity index (χ3n) is 4.67. The van der Waals surface area contributed by atoms with Crippen LogP contribution in [0.5, 0.6) is 0 Å². The molecule has 0 aliphatic heterocycles. The second kappa shape index (κ2) is 6.51. The van der Waals surface area contributed by atoms with Gasteiger partial charge in [0.2, 0.25) is 0 Å². The van der Waals surface area contributed by atoms with Crippen LogP contribution < -0.4 is 5.32 Å². The van der Waals surface area contributed by atoms with Gasteiger partial charge in [-0.3, -0.25) is 0 Å². The van der Waals surface area contributed by atoms with Crippen LogP contribution in [0.3, 0.4) is 0 Å². The molecule has 0 amide bonds. The quantitative estimate of drug-likeness (QED) is 0.836. The highest BCUT2D eigenvalue weighted by Gasteiger charge is 2.29. The van der Waals surface area contributed by atoms with Gasteiger partial charge in [0.25, 0.3) is 0 Å². The first kappa shape index (κ1) is 14.5. The zero-order valence-electron chi connectivity index (χ0n) is 12.4. The van der Waals surface area contributed by atoms with E-state index in [2.05, 4.69) is 12.2 Å². The fraction of sp³-hybridized carbons (Fsp3) is 0.647. The van der Waals surface area contributed by atoms with E-state index in [0.29, 0.717) is 5.92 Å². The van der Waals surface area contributed by atoms with Gasteiger partial charge in [0.05, 0.1) is 0 Å². The molecular weight excluding hydrogens is 237 g/mol. The molecule has 0 heterocycles. The van der Waals surface area contributed by atoms with Gasteiger partial charge in [-0.25, -0.2) is 4.39 Å². The molecule has 1 nitrogen and oxygen atoms in total. The maximum Gasteiger partial charge on any atom is 0.128 e. The Morgan fingerprint density at radius 2 is 2.16 bits per heavy atom. The molecule has 1 saturated carbocycles. The molecule has 1 aliphatic carbocycles. The molecule has 0 saturated heterocycles. The molecular formula is C17H26FN. The van der Waals surface area contributed by atoms with Gasteiger partial charge < -0.3 is 5.32 Å². The summed E-state index contributed by atoms with van der Waals surface area (Å²) in [5.41, 5.74) is 1.83. The lowest BCUT2D eigenvalue weighted by Crippen LogP contribution is -2.30. The van der Waals surface area contributed by atoms with Crippen molar-refractivity contribution in [3.63, 3.8) is 0 Å². The molecule has 1 aromatic rings. The number of hydrogen-bond donors (Lipinski definition) is 1. The summed E-state index contributed by atoms with van der Waals surface area (Å²) in [6.07, 6.45) is 6.34. The van der Waals surface area contributed by atoms with Crippen LogP contribution in [0.15, 0.2) is 18.2 Å². The van der Waals surface area contributed by atoms with Crippen LogP contribution >= 0.6 is 0 Å². The molecule has 19 heavy (non-hydrogen) atoms. The van der Waals surface area contributed by atoms with E-state index in [1.54, 1.807) is 6.07 Å². The van der Waals surface area contributed by atoms with E-state index < -0.39 is 0 Å². The Bertz CT molecular complexity index is 416. The third kappa shape index (κ3) is 3.36. The highest BCUT2D eigenvalue weighted by atomic mass is 19.1. The van der Waals surface area contributed by atoms with Gasteiger partial charge in [0, 0.05) is 11.6 Å². The number of hydrogen-bond acceptors (Lipinski definition) is 1. The van der Waals surface area contributed by atoms with Gasteiger partial charge >= 0.3 is 0 Å². The lowest BCUT2D eigenvalue weighted by molar-refractivity contribution is 0.212. The molecule has 0 bridgehead atoms. The average molecular weight is 263 g/mol. The van der Waals surface area contributed by atoms with E-state index in [9.17, 15) is 4.39 Å². The second-order valence-corrected chi connectivity index (χ2v) is 5.99. The molecule has 106 valence electrons. The number of halogens is 1. The molecule has 1 fully saturated rings. The zero-order chi connectivity index (χ0) is 13.8. The van der Waals surface area contributed by atoms with Crippen LogP contribution in [0, 0.1) is 24.6 Å². The molecule has 3 atom stereocenters. The van der Waals surface area contributed by atoms with Crippen molar-refractivity contribution in [1.29, 1.82) is 0 Å². The second-order valence-electron chi connectivity index (χ2n) is 5.99. The lowest BCUT2D eigenvalue weighted by atomic mass is 9.75. The van der Waals surface area contributed by atoms with Crippen molar-refractivity contribution < 1.29 is 4.39 Å².